The van der Waals surface area contributed by atoms with Crippen LogP contribution in [0.4, 0.5) is 11.4 Å². The number of fused-ring (bicyclic) bond motifs is 1. The first-order valence-corrected chi connectivity index (χ1v) is 11.5. The maximum absolute atomic E-state index is 13.2. The first-order chi connectivity index (χ1) is 13.7. The van der Waals surface area contributed by atoms with Crippen molar-refractivity contribution in [1.29, 1.82) is 0 Å². The fourth-order valence-electron chi connectivity index (χ4n) is 3.33. The van der Waals surface area contributed by atoms with Crippen molar-refractivity contribution in [2.45, 2.75) is 26.3 Å². The number of hydrogen-bond donors (Lipinski definition) is 1. The van der Waals surface area contributed by atoms with Crippen molar-refractivity contribution in [3.63, 3.8) is 0 Å². The highest BCUT2D eigenvalue weighted by Crippen LogP contribution is 2.29. The molecule has 152 valence electrons. The van der Waals surface area contributed by atoms with Crippen LogP contribution in [-0.2, 0) is 14.8 Å². The Hall–Kier alpha value is -2.57. The molecule has 3 aromatic carbocycles. The maximum Gasteiger partial charge on any atom is 0.248 e. The number of carbonyl (C=O) groups excluding carboxylic acids is 1. The number of amides is 1. The Morgan fingerprint density at radius 2 is 1.79 bits per heavy atom. The molecule has 7 heteroatoms. The second kappa shape index (κ2) is 8.43. The molecule has 0 aromatic heterocycles. The van der Waals surface area contributed by atoms with Crippen LogP contribution in [0.5, 0.6) is 0 Å². The standard InChI is InChI=1S/C22H23ClN2O3S/c1-4-21(25(29(3,27)28)17-13-12-15(2)19(23)14-17)22(26)24-20-11-7-9-16-8-5-6-10-18(16)20/h5-14,21H,4H2,1-3H3,(H,24,26)/t21-/m1/s1. The van der Waals surface area contributed by atoms with Gasteiger partial charge in [0, 0.05) is 16.1 Å². The van der Waals surface area contributed by atoms with E-state index in [0.29, 0.717) is 22.8 Å². The van der Waals surface area contributed by atoms with Gasteiger partial charge in [-0.15, -0.1) is 0 Å². The van der Waals surface area contributed by atoms with Crippen molar-refractivity contribution in [3.8, 4) is 0 Å². The minimum Gasteiger partial charge on any atom is -0.324 e. The molecule has 3 rings (SSSR count). The number of benzene rings is 3. The number of rotatable bonds is 6. The minimum atomic E-state index is -3.72. The van der Waals surface area contributed by atoms with Gasteiger partial charge in [0.05, 0.1) is 11.9 Å². The third-order valence-electron chi connectivity index (χ3n) is 4.79. The Labute approximate surface area is 176 Å². The number of anilines is 2. The molecule has 0 radical (unpaired) electrons. The summed E-state index contributed by atoms with van der Waals surface area (Å²) in [5.74, 6) is -0.397. The molecule has 0 fully saturated rings. The van der Waals surface area contributed by atoms with Crippen LogP contribution < -0.4 is 9.62 Å². The normalized spacial score (nSPS) is 12.6. The second-order valence-corrected chi connectivity index (χ2v) is 9.20. The van der Waals surface area contributed by atoms with Crippen LogP contribution in [0.3, 0.4) is 0 Å². The van der Waals surface area contributed by atoms with Crippen LogP contribution in [0.1, 0.15) is 18.9 Å². The number of nitrogens with one attached hydrogen (secondary N) is 1. The summed E-state index contributed by atoms with van der Waals surface area (Å²) in [5, 5.41) is 5.23. The van der Waals surface area contributed by atoms with Gasteiger partial charge >= 0.3 is 0 Å². The lowest BCUT2D eigenvalue weighted by Gasteiger charge is -2.30. The van der Waals surface area contributed by atoms with Crippen molar-refractivity contribution in [2.24, 2.45) is 0 Å². The highest BCUT2D eigenvalue weighted by molar-refractivity contribution is 7.92. The quantitative estimate of drug-likeness (QED) is 0.599. The van der Waals surface area contributed by atoms with E-state index in [1.54, 1.807) is 31.2 Å². The monoisotopic (exact) mass is 430 g/mol. The Balaban J connectivity index is 2.00. The molecular formula is C22H23ClN2O3S. The number of sulfonamides is 1. The molecule has 3 aromatic rings. The van der Waals surface area contributed by atoms with Gasteiger partial charge in [-0.1, -0.05) is 61.0 Å². The van der Waals surface area contributed by atoms with Gasteiger partial charge in [0.1, 0.15) is 6.04 Å². The molecule has 1 atom stereocenters. The molecule has 1 amide bonds. The van der Waals surface area contributed by atoms with Crippen LogP contribution >= 0.6 is 11.6 Å². The zero-order valence-electron chi connectivity index (χ0n) is 16.5. The van der Waals surface area contributed by atoms with E-state index in [9.17, 15) is 13.2 Å². The van der Waals surface area contributed by atoms with Gasteiger partial charge < -0.3 is 5.32 Å². The third-order valence-corrected chi connectivity index (χ3v) is 6.37. The molecule has 0 spiro atoms. The number of halogens is 1. The summed E-state index contributed by atoms with van der Waals surface area (Å²) < 4.78 is 26.3. The summed E-state index contributed by atoms with van der Waals surface area (Å²) in [6.07, 6.45) is 1.39. The van der Waals surface area contributed by atoms with Crippen molar-refractivity contribution in [2.75, 3.05) is 15.9 Å². The zero-order chi connectivity index (χ0) is 21.2. The molecular weight excluding hydrogens is 408 g/mol. The highest BCUT2D eigenvalue weighted by Gasteiger charge is 2.32. The summed E-state index contributed by atoms with van der Waals surface area (Å²) in [7, 11) is -3.72. The Kier molecular flexibility index (Phi) is 6.15. The molecule has 5 nitrogen and oxygen atoms in total. The molecule has 0 heterocycles. The molecule has 0 bridgehead atoms. The van der Waals surface area contributed by atoms with E-state index in [1.807, 2.05) is 43.3 Å². The minimum absolute atomic E-state index is 0.301. The zero-order valence-corrected chi connectivity index (χ0v) is 18.1. The lowest BCUT2D eigenvalue weighted by molar-refractivity contribution is -0.117. The van der Waals surface area contributed by atoms with E-state index in [-0.39, 0.29) is 0 Å². The lowest BCUT2D eigenvalue weighted by atomic mass is 10.1. The van der Waals surface area contributed by atoms with Gasteiger partial charge in [-0.25, -0.2) is 8.42 Å². The van der Waals surface area contributed by atoms with E-state index in [0.717, 1.165) is 26.9 Å². The molecule has 0 unspecified atom stereocenters. The molecule has 0 saturated carbocycles. The number of nitrogens with zero attached hydrogens (tertiary/aromatic N) is 1. The summed E-state index contributed by atoms with van der Waals surface area (Å²) >= 11 is 6.21. The topological polar surface area (TPSA) is 66.5 Å². The number of aryl methyl sites for hydroxylation is 1. The molecule has 0 aliphatic rings. The van der Waals surface area contributed by atoms with E-state index >= 15 is 0 Å². The van der Waals surface area contributed by atoms with Crippen LogP contribution in [0, 0.1) is 6.92 Å². The number of hydrogen-bond acceptors (Lipinski definition) is 3. The van der Waals surface area contributed by atoms with E-state index < -0.39 is 22.0 Å². The molecule has 0 aliphatic heterocycles. The average molecular weight is 431 g/mol. The SMILES string of the molecule is CC[C@H](C(=O)Nc1cccc2ccccc12)N(c1ccc(C)c(Cl)c1)S(C)(=O)=O. The lowest BCUT2D eigenvalue weighted by Crippen LogP contribution is -2.47. The molecule has 0 aliphatic carbocycles. The van der Waals surface area contributed by atoms with Crippen molar-refractivity contribution < 1.29 is 13.2 Å². The number of carbonyl (C=O) groups is 1. The predicted molar refractivity (Wildman–Crippen MR) is 120 cm³/mol. The summed E-state index contributed by atoms with van der Waals surface area (Å²) in [6, 6.07) is 17.4. The Morgan fingerprint density at radius 1 is 1.10 bits per heavy atom. The van der Waals surface area contributed by atoms with E-state index in [4.69, 9.17) is 11.6 Å². The van der Waals surface area contributed by atoms with Gasteiger partial charge in [0.15, 0.2) is 0 Å². The van der Waals surface area contributed by atoms with Crippen LogP contribution in [-0.4, -0.2) is 26.6 Å². The van der Waals surface area contributed by atoms with Crippen LogP contribution in [0.25, 0.3) is 10.8 Å². The fourth-order valence-corrected chi connectivity index (χ4v) is 4.71. The second-order valence-electron chi connectivity index (χ2n) is 6.93. The summed E-state index contributed by atoms with van der Waals surface area (Å²) in [4.78, 5) is 13.2. The third kappa shape index (κ3) is 4.54. The van der Waals surface area contributed by atoms with Gasteiger partial charge in [0.25, 0.3) is 0 Å². The summed E-state index contributed by atoms with van der Waals surface area (Å²) in [5.41, 5.74) is 1.84. The van der Waals surface area contributed by atoms with Gasteiger partial charge in [-0.2, -0.15) is 0 Å². The van der Waals surface area contributed by atoms with Gasteiger partial charge in [-0.05, 0) is 42.5 Å². The van der Waals surface area contributed by atoms with Crippen LogP contribution in [0.15, 0.2) is 60.7 Å². The van der Waals surface area contributed by atoms with Crippen LogP contribution in [0.2, 0.25) is 5.02 Å². The van der Waals surface area contributed by atoms with Crippen molar-refractivity contribution in [3.05, 3.63) is 71.2 Å². The molecule has 0 saturated heterocycles. The van der Waals surface area contributed by atoms with Crippen molar-refractivity contribution >= 4 is 49.7 Å². The fraction of sp³-hybridized carbons (Fsp3) is 0.227. The smallest absolute Gasteiger partial charge is 0.248 e. The largest absolute Gasteiger partial charge is 0.324 e. The molecule has 29 heavy (non-hydrogen) atoms. The summed E-state index contributed by atoms with van der Waals surface area (Å²) in [6.45, 7) is 3.61. The van der Waals surface area contributed by atoms with Gasteiger partial charge in [0.2, 0.25) is 15.9 Å². The van der Waals surface area contributed by atoms with Gasteiger partial charge in [-0.3, -0.25) is 9.10 Å². The predicted octanol–water partition coefficient (Wildman–Crippen LogP) is 4.98. The maximum atomic E-state index is 13.2. The molecule has 1 N–H and O–H groups in total. The van der Waals surface area contributed by atoms with Crippen molar-refractivity contribution in [1.82, 2.24) is 0 Å². The highest BCUT2D eigenvalue weighted by atomic mass is 35.5. The first-order valence-electron chi connectivity index (χ1n) is 9.26. The Bertz CT molecular complexity index is 1160. The average Bonchev–Trinajstić information content (AvgIpc) is 2.67. The Morgan fingerprint density at radius 3 is 2.45 bits per heavy atom. The van der Waals surface area contributed by atoms with E-state index in [2.05, 4.69) is 5.32 Å². The van der Waals surface area contributed by atoms with E-state index in [1.165, 1.54) is 0 Å². The first kappa shape index (κ1) is 21.1.